The predicted molar refractivity (Wildman–Crippen MR) is 92.3 cm³/mol. The molecule has 0 bridgehead atoms. The Morgan fingerprint density at radius 2 is 1.96 bits per heavy atom. The number of carbonyl (C=O) groups excluding carboxylic acids is 1. The highest BCUT2D eigenvalue weighted by molar-refractivity contribution is 5.94. The molecule has 0 fully saturated rings. The van der Waals surface area contributed by atoms with Crippen LogP contribution in [0.2, 0.25) is 0 Å². The molecule has 0 aliphatic carbocycles. The van der Waals surface area contributed by atoms with E-state index in [-0.39, 0.29) is 35.2 Å². The van der Waals surface area contributed by atoms with Crippen molar-refractivity contribution < 1.29 is 9.90 Å². The third-order valence-electron chi connectivity index (χ3n) is 3.48. The number of halogens is 1. The van der Waals surface area contributed by atoms with E-state index >= 15 is 0 Å². The van der Waals surface area contributed by atoms with Crippen molar-refractivity contribution in [3.05, 3.63) is 42.2 Å². The second kappa shape index (κ2) is 7.48. The average Bonchev–Trinajstić information content (AvgIpc) is 2.89. The highest BCUT2D eigenvalue weighted by atomic mass is 35.5. The molecule has 0 radical (unpaired) electrons. The fourth-order valence-corrected chi connectivity index (χ4v) is 2.19. The maximum Gasteiger partial charge on any atom is 0.278 e. The molecule has 0 unspecified atom stereocenters. The number of rotatable bonds is 5. The normalized spacial score (nSPS) is 11.0. The van der Waals surface area contributed by atoms with Gasteiger partial charge in [-0.15, -0.1) is 12.4 Å². The molecule has 0 saturated carbocycles. The maximum atomic E-state index is 12.5. The number of hydrogen-bond acceptors (Lipinski definition) is 4. The fraction of sp³-hybridized carbons (Fsp3) is 0.375. The van der Waals surface area contributed by atoms with E-state index in [1.54, 1.807) is 7.05 Å². The van der Waals surface area contributed by atoms with Crippen LogP contribution in [0.25, 0.3) is 5.69 Å². The van der Waals surface area contributed by atoms with Gasteiger partial charge in [-0.25, -0.2) is 4.68 Å². The monoisotopic (exact) mass is 338 g/mol. The lowest BCUT2D eigenvalue weighted by atomic mass is 9.93. The summed E-state index contributed by atoms with van der Waals surface area (Å²) in [6.07, 6.45) is 1.44. The third-order valence-corrected chi connectivity index (χ3v) is 3.48. The highest BCUT2D eigenvalue weighted by Crippen LogP contribution is 2.21. The van der Waals surface area contributed by atoms with Crippen LogP contribution in [0, 0.1) is 5.41 Å². The van der Waals surface area contributed by atoms with E-state index in [0.29, 0.717) is 13.1 Å². The molecule has 0 saturated heterocycles. The molecule has 23 heavy (non-hydrogen) atoms. The zero-order chi connectivity index (χ0) is 16.3. The van der Waals surface area contributed by atoms with Crippen molar-refractivity contribution in [2.75, 3.05) is 20.1 Å². The van der Waals surface area contributed by atoms with Gasteiger partial charge < -0.3 is 15.7 Å². The van der Waals surface area contributed by atoms with E-state index in [1.807, 2.05) is 44.2 Å². The molecule has 2 rings (SSSR count). The van der Waals surface area contributed by atoms with Crippen LogP contribution < -0.4 is 5.73 Å². The second-order valence-electron chi connectivity index (χ2n) is 6.17. The van der Waals surface area contributed by atoms with Crippen LogP contribution in [0.15, 0.2) is 36.5 Å². The summed E-state index contributed by atoms with van der Waals surface area (Å²) in [6.45, 7) is 4.92. The Labute approximate surface area is 142 Å². The number of aromatic nitrogens is 2. The predicted octanol–water partition coefficient (Wildman–Crippen LogP) is 2.06. The zero-order valence-corrected chi connectivity index (χ0v) is 14.4. The number of nitrogens with zero attached hydrogens (tertiary/aromatic N) is 3. The van der Waals surface area contributed by atoms with Crippen LogP contribution >= 0.6 is 12.4 Å². The number of amides is 1. The summed E-state index contributed by atoms with van der Waals surface area (Å²) in [5, 5.41) is 14.2. The van der Waals surface area contributed by atoms with Crippen molar-refractivity contribution in [1.29, 1.82) is 0 Å². The summed E-state index contributed by atoms with van der Waals surface area (Å²) >= 11 is 0. The van der Waals surface area contributed by atoms with Gasteiger partial charge in [-0.3, -0.25) is 4.79 Å². The van der Waals surface area contributed by atoms with E-state index in [4.69, 9.17) is 5.73 Å². The van der Waals surface area contributed by atoms with Crippen LogP contribution in [0.5, 0.6) is 5.75 Å². The first-order valence-corrected chi connectivity index (χ1v) is 7.13. The minimum Gasteiger partial charge on any atom is -0.504 e. The smallest absolute Gasteiger partial charge is 0.278 e. The van der Waals surface area contributed by atoms with Gasteiger partial charge in [0.05, 0.1) is 11.9 Å². The van der Waals surface area contributed by atoms with Crippen molar-refractivity contribution in [2.45, 2.75) is 13.8 Å². The standard InChI is InChI=1S/C16H22N4O2.ClH/c1-16(2,10-17)11-19(3)15(22)14-13(21)9-20(18-14)12-7-5-4-6-8-12;/h4-9,21H,10-11,17H2,1-3H3;1H. The Bertz CT molecular complexity index is 655. The van der Waals surface area contributed by atoms with Gasteiger partial charge in [0.25, 0.3) is 5.91 Å². The molecule has 1 aromatic heterocycles. The number of benzene rings is 1. The lowest BCUT2D eigenvalue weighted by Crippen LogP contribution is -2.40. The Morgan fingerprint density at radius 3 is 2.52 bits per heavy atom. The molecule has 3 N–H and O–H groups in total. The average molecular weight is 339 g/mol. The molecule has 1 aromatic carbocycles. The molecule has 1 heterocycles. The van der Waals surface area contributed by atoms with E-state index in [9.17, 15) is 9.90 Å². The number of carbonyl (C=O) groups is 1. The Hall–Kier alpha value is -2.05. The van der Waals surface area contributed by atoms with Crippen LogP contribution in [-0.2, 0) is 0 Å². The first-order valence-electron chi connectivity index (χ1n) is 7.13. The van der Waals surface area contributed by atoms with Gasteiger partial charge in [0.2, 0.25) is 0 Å². The largest absolute Gasteiger partial charge is 0.504 e. The van der Waals surface area contributed by atoms with Crippen LogP contribution in [0.4, 0.5) is 0 Å². The molecule has 2 aromatic rings. The highest BCUT2D eigenvalue weighted by Gasteiger charge is 2.25. The number of nitrogens with two attached hydrogens (primary N) is 1. The molecule has 126 valence electrons. The topological polar surface area (TPSA) is 84.4 Å². The quantitative estimate of drug-likeness (QED) is 0.874. The third kappa shape index (κ3) is 4.46. The van der Waals surface area contributed by atoms with Gasteiger partial charge in [-0.05, 0) is 24.1 Å². The molecular formula is C16H23ClN4O2. The van der Waals surface area contributed by atoms with E-state index < -0.39 is 0 Å². The van der Waals surface area contributed by atoms with Gasteiger partial charge in [-0.2, -0.15) is 5.10 Å². The Morgan fingerprint density at radius 1 is 1.35 bits per heavy atom. The van der Waals surface area contributed by atoms with E-state index in [1.165, 1.54) is 15.8 Å². The Kier molecular flexibility index (Phi) is 6.18. The number of hydrogen-bond donors (Lipinski definition) is 2. The van der Waals surface area contributed by atoms with Gasteiger partial charge in [0.1, 0.15) is 0 Å². The second-order valence-corrected chi connectivity index (χ2v) is 6.17. The van der Waals surface area contributed by atoms with Crippen molar-refractivity contribution in [1.82, 2.24) is 14.7 Å². The molecule has 1 amide bonds. The maximum absolute atomic E-state index is 12.5. The van der Waals surface area contributed by atoms with Gasteiger partial charge >= 0.3 is 0 Å². The van der Waals surface area contributed by atoms with Crippen LogP contribution in [-0.4, -0.2) is 45.8 Å². The first-order chi connectivity index (χ1) is 10.3. The molecule has 0 aliphatic rings. The fourth-order valence-electron chi connectivity index (χ4n) is 2.19. The van der Waals surface area contributed by atoms with Gasteiger partial charge in [0.15, 0.2) is 11.4 Å². The number of para-hydroxylation sites is 1. The van der Waals surface area contributed by atoms with Crippen LogP contribution in [0.3, 0.4) is 0 Å². The zero-order valence-electron chi connectivity index (χ0n) is 13.6. The summed E-state index contributed by atoms with van der Waals surface area (Å²) in [5.74, 6) is -0.458. The molecule has 0 atom stereocenters. The van der Waals surface area contributed by atoms with Crippen molar-refractivity contribution in [2.24, 2.45) is 11.1 Å². The van der Waals surface area contributed by atoms with E-state index in [2.05, 4.69) is 5.10 Å². The van der Waals surface area contributed by atoms with Gasteiger partial charge in [-0.1, -0.05) is 32.0 Å². The van der Waals surface area contributed by atoms with Crippen molar-refractivity contribution in [3.8, 4) is 11.4 Å². The summed E-state index contributed by atoms with van der Waals surface area (Å²) in [7, 11) is 1.68. The summed E-state index contributed by atoms with van der Waals surface area (Å²) < 4.78 is 1.49. The van der Waals surface area contributed by atoms with Crippen molar-refractivity contribution >= 4 is 18.3 Å². The minimum atomic E-state index is -0.325. The Balaban J connectivity index is 0.00000264. The molecule has 0 spiro atoms. The number of aromatic hydroxyl groups is 1. The minimum absolute atomic E-state index is 0. The summed E-state index contributed by atoms with van der Waals surface area (Å²) in [6, 6.07) is 9.32. The first kappa shape index (κ1) is 19.0. The summed E-state index contributed by atoms with van der Waals surface area (Å²) in [5.41, 5.74) is 6.32. The molecular weight excluding hydrogens is 316 g/mol. The molecule has 6 nitrogen and oxygen atoms in total. The SMILES string of the molecule is CN(CC(C)(C)CN)C(=O)c1nn(-c2ccccc2)cc1O.Cl. The molecule has 0 aliphatic heterocycles. The lowest BCUT2D eigenvalue weighted by Gasteiger charge is -2.28. The van der Waals surface area contributed by atoms with Crippen molar-refractivity contribution in [3.63, 3.8) is 0 Å². The van der Waals surface area contributed by atoms with E-state index in [0.717, 1.165) is 5.69 Å². The van der Waals surface area contributed by atoms with Gasteiger partial charge in [0, 0.05) is 13.6 Å². The van der Waals surface area contributed by atoms with Crippen LogP contribution in [0.1, 0.15) is 24.3 Å². The summed E-state index contributed by atoms with van der Waals surface area (Å²) in [4.78, 5) is 14.0. The molecule has 7 heteroatoms. The lowest BCUT2D eigenvalue weighted by molar-refractivity contribution is 0.0731.